The number of nitrogens with zero attached hydrogens (tertiary/aromatic N) is 6. The molecule has 0 radical (unpaired) electrons. The molecule has 0 spiro atoms. The molecule has 0 aliphatic carbocycles. The van der Waals surface area contributed by atoms with Crippen LogP contribution in [-0.4, -0.2) is 76.6 Å². The number of fused-ring (bicyclic) bond motifs is 1. The first kappa shape index (κ1) is 25.7. The lowest BCUT2D eigenvalue weighted by atomic mass is 10.2. The number of aromatic nitrogens is 4. The number of halogens is 1. The normalized spacial score (nSPS) is 15.4. The molecule has 2 aromatic heterocycles. The Morgan fingerprint density at radius 2 is 1.79 bits per heavy atom. The maximum Gasteiger partial charge on any atom is 0.410 e. The summed E-state index contributed by atoms with van der Waals surface area (Å²) in [6, 6.07) is 1.05. The lowest BCUT2D eigenvalue weighted by molar-refractivity contribution is 0.0240. The van der Waals surface area contributed by atoms with Crippen molar-refractivity contribution in [3.05, 3.63) is 20.8 Å². The minimum absolute atomic E-state index is 0.232. The highest BCUT2D eigenvalue weighted by Crippen LogP contribution is 2.21. The Morgan fingerprint density at radius 3 is 2.36 bits per heavy atom. The molecule has 0 saturated carbocycles. The fraction of sp³-hybridized carbons (Fsp3) is 0.714. The van der Waals surface area contributed by atoms with E-state index in [0.717, 1.165) is 11.7 Å². The molecule has 0 unspecified atom stereocenters. The molecule has 1 aliphatic rings. The van der Waals surface area contributed by atoms with Gasteiger partial charge in [0.05, 0.1) is 0 Å². The standard InChI is InChI=1S/C21H35BrN6O4Si/c1-15-16(25-8-10-26(11-9-25)20(30)32-21(2,3)4)17(29)28-19(23-18(22)24-28)27(15)14-31-12-13-33(5,6)7/h8-14H2,1-7H3. The van der Waals surface area contributed by atoms with Gasteiger partial charge in [0.1, 0.15) is 18.0 Å². The lowest BCUT2D eigenvalue weighted by Crippen LogP contribution is -2.51. The molecule has 1 saturated heterocycles. The summed E-state index contributed by atoms with van der Waals surface area (Å²) < 4.78 is 15.0. The zero-order valence-corrected chi connectivity index (χ0v) is 23.2. The Balaban J connectivity index is 1.83. The molecule has 0 N–H and O–H groups in total. The molecule has 2 aromatic rings. The molecule has 33 heavy (non-hydrogen) atoms. The van der Waals surface area contributed by atoms with Crippen LogP contribution in [0.3, 0.4) is 0 Å². The molecular weight excluding hydrogens is 508 g/mol. The summed E-state index contributed by atoms with van der Waals surface area (Å²) in [6.07, 6.45) is -0.331. The Kier molecular flexibility index (Phi) is 7.59. The fourth-order valence-electron chi connectivity index (χ4n) is 3.62. The van der Waals surface area contributed by atoms with Gasteiger partial charge in [-0.3, -0.25) is 9.36 Å². The lowest BCUT2D eigenvalue weighted by Gasteiger charge is -2.37. The van der Waals surface area contributed by atoms with Crippen molar-refractivity contribution in [2.75, 3.05) is 37.7 Å². The molecule has 3 heterocycles. The van der Waals surface area contributed by atoms with Crippen LogP contribution in [0.15, 0.2) is 9.53 Å². The van der Waals surface area contributed by atoms with Crippen LogP contribution in [0.4, 0.5) is 10.5 Å². The number of carbonyl (C=O) groups excluding carboxylic acids is 1. The van der Waals surface area contributed by atoms with Crippen molar-refractivity contribution in [3.63, 3.8) is 0 Å². The smallest absolute Gasteiger partial charge is 0.410 e. The van der Waals surface area contributed by atoms with Gasteiger partial charge >= 0.3 is 6.09 Å². The molecule has 0 bridgehead atoms. The van der Waals surface area contributed by atoms with Gasteiger partial charge in [-0.05, 0) is 49.7 Å². The third kappa shape index (κ3) is 6.36. The average molecular weight is 544 g/mol. The van der Waals surface area contributed by atoms with Gasteiger partial charge in [0.25, 0.3) is 5.56 Å². The van der Waals surface area contributed by atoms with E-state index in [2.05, 4.69) is 45.7 Å². The van der Waals surface area contributed by atoms with Crippen LogP contribution in [-0.2, 0) is 16.2 Å². The number of ether oxygens (including phenoxy) is 2. The first-order valence-electron chi connectivity index (χ1n) is 11.2. The second kappa shape index (κ2) is 9.75. The predicted molar refractivity (Wildman–Crippen MR) is 134 cm³/mol. The first-order chi connectivity index (χ1) is 15.3. The maximum atomic E-state index is 13.3. The quantitative estimate of drug-likeness (QED) is 0.408. The molecule has 3 rings (SSSR count). The van der Waals surface area contributed by atoms with Crippen molar-refractivity contribution >= 4 is 41.6 Å². The summed E-state index contributed by atoms with van der Waals surface area (Å²) in [7, 11) is -1.21. The van der Waals surface area contributed by atoms with Gasteiger partial charge in [-0.2, -0.15) is 9.50 Å². The fourth-order valence-corrected chi connectivity index (χ4v) is 4.69. The highest BCUT2D eigenvalue weighted by molar-refractivity contribution is 9.10. The van der Waals surface area contributed by atoms with E-state index in [-0.39, 0.29) is 18.4 Å². The van der Waals surface area contributed by atoms with Crippen LogP contribution in [0, 0.1) is 6.92 Å². The number of amides is 1. The molecule has 0 aromatic carbocycles. The number of anilines is 1. The largest absolute Gasteiger partial charge is 0.444 e. The third-order valence-corrected chi connectivity index (χ3v) is 7.45. The van der Waals surface area contributed by atoms with Crippen LogP contribution >= 0.6 is 15.9 Å². The van der Waals surface area contributed by atoms with Crippen molar-refractivity contribution in [1.29, 1.82) is 0 Å². The van der Waals surface area contributed by atoms with Gasteiger partial charge < -0.3 is 19.3 Å². The maximum absolute atomic E-state index is 13.3. The SMILES string of the molecule is Cc1c(N2CCN(C(=O)OC(C)(C)C)CC2)c(=O)n2nc(Br)nc2n1COCC[Si](C)(C)C. The van der Waals surface area contributed by atoms with Crippen LogP contribution in [0.25, 0.3) is 5.78 Å². The Morgan fingerprint density at radius 1 is 1.15 bits per heavy atom. The Bertz CT molecular complexity index is 1060. The van der Waals surface area contributed by atoms with Gasteiger partial charge in [-0.25, -0.2) is 4.79 Å². The van der Waals surface area contributed by atoms with E-state index >= 15 is 0 Å². The number of hydrogen-bond donors (Lipinski definition) is 0. The van der Waals surface area contributed by atoms with E-state index < -0.39 is 13.7 Å². The summed E-state index contributed by atoms with van der Waals surface area (Å²) in [4.78, 5) is 33.8. The number of hydrogen-bond acceptors (Lipinski definition) is 7. The van der Waals surface area contributed by atoms with E-state index in [1.807, 2.05) is 37.2 Å². The van der Waals surface area contributed by atoms with Crippen molar-refractivity contribution < 1.29 is 14.3 Å². The molecule has 12 heteroatoms. The van der Waals surface area contributed by atoms with E-state index in [0.29, 0.717) is 49.0 Å². The number of rotatable bonds is 6. The summed E-state index contributed by atoms with van der Waals surface area (Å²) in [5.41, 5.74) is 0.549. The highest BCUT2D eigenvalue weighted by atomic mass is 79.9. The highest BCUT2D eigenvalue weighted by Gasteiger charge is 2.29. The zero-order valence-electron chi connectivity index (χ0n) is 20.6. The van der Waals surface area contributed by atoms with Gasteiger partial charge in [0.15, 0.2) is 0 Å². The van der Waals surface area contributed by atoms with Crippen molar-refractivity contribution in [2.45, 2.75) is 65.7 Å². The monoisotopic (exact) mass is 542 g/mol. The molecular formula is C21H35BrN6O4Si. The number of piperazine rings is 1. The summed E-state index contributed by atoms with van der Waals surface area (Å²) in [6.45, 7) is 17.3. The van der Waals surface area contributed by atoms with Crippen LogP contribution in [0.1, 0.15) is 26.5 Å². The van der Waals surface area contributed by atoms with E-state index in [4.69, 9.17) is 9.47 Å². The Labute approximate surface area is 204 Å². The van der Waals surface area contributed by atoms with Crippen molar-refractivity contribution in [2.24, 2.45) is 0 Å². The van der Waals surface area contributed by atoms with Crippen molar-refractivity contribution in [1.82, 2.24) is 24.1 Å². The zero-order chi connectivity index (χ0) is 24.6. The van der Waals surface area contributed by atoms with E-state index in [1.54, 1.807) is 4.90 Å². The molecule has 1 fully saturated rings. The molecule has 1 aliphatic heterocycles. The minimum atomic E-state index is -1.21. The predicted octanol–water partition coefficient (Wildman–Crippen LogP) is 3.33. The average Bonchev–Trinajstić information content (AvgIpc) is 3.07. The second-order valence-electron chi connectivity index (χ2n) is 10.6. The van der Waals surface area contributed by atoms with E-state index in [1.165, 1.54) is 4.52 Å². The summed E-state index contributed by atoms with van der Waals surface area (Å²) in [5, 5.41) is 4.25. The summed E-state index contributed by atoms with van der Waals surface area (Å²) in [5.74, 6) is 0.438. The molecule has 0 atom stereocenters. The van der Waals surface area contributed by atoms with Gasteiger partial charge in [0.2, 0.25) is 10.5 Å². The topological polar surface area (TPSA) is 94.2 Å². The molecule has 10 nitrogen and oxygen atoms in total. The van der Waals surface area contributed by atoms with Gasteiger partial charge in [0, 0.05) is 46.6 Å². The minimum Gasteiger partial charge on any atom is -0.444 e. The molecule has 184 valence electrons. The number of carbonyl (C=O) groups is 1. The molecule has 1 amide bonds. The second-order valence-corrected chi connectivity index (χ2v) is 16.9. The first-order valence-corrected chi connectivity index (χ1v) is 15.7. The van der Waals surface area contributed by atoms with Crippen LogP contribution in [0.5, 0.6) is 0 Å². The third-order valence-electron chi connectivity index (χ3n) is 5.41. The van der Waals surface area contributed by atoms with Crippen LogP contribution < -0.4 is 10.5 Å². The van der Waals surface area contributed by atoms with Crippen molar-refractivity contribution in [3.8, 4) is 0 Å². The summed E-state index contributed by atoms with van der Waals surface area (Å²) >= 11 is 3.29. The van der Waals surface area contributed by atoms with E-state index in [9.17, 15) is 9.59 Å². The van der Waals surface area contributed by atoms with Crippen LogP contribution in [0.2, 0.25) is 25.7 Å². The Hall–Kier alpha value is -1.92. The van der Waals surface area contributed by atoms with Gasteiger partial charge in [-0.15, -0.1) is 5.10 Å². The van der Waals surface area contributed by atoms with Gasteiger partial charge in [-0.1, -0.05) is 19.6 Å².